The molecule has 0 saturated heterocycles. The molecule has 0 saturated carbocycles. The third-order valence-corrected chi connectivity index (χ3v) is 5.35. The van der Waals surface area contributed by atoms with Crippen LogP contribution in [-0.2, 0) is 21.7 Å². The summed E-state index contributed by atoms with van der Waals surface area (Å²) in [6.07, 6.45) is 1.49. The van der Waals surface area contributed by atoms with Crippen LogP contribution in [0.5, 0.6) is 0 Å². The molecule has 8 heteroatoms. The Morgan fingerprint density at radius 2 is 1.96 bits per heavy atom. The Bertz CT molecular complexity index is 777. The summed E-state index contributed by atoms with van der Waals surface area (Å²) in [6, 6.07) is 8.82. The summed E-state index contributed by atoms with van der Waals surface area (Å²) in [6.45, 7) is 0.0240. The highest BCUT2D eigenvalue weighted by Crippen LogP contribution is 2.33. The van der Waals surface area contributed by atoms with Gasteiger partial charge in [-0.1, -0.05) is 6.07 Å². The van der Waals surface area contributed by atoms with Gasteiger partial charge in [0.15, 0.2) is 0 Å². The van der Waals surface area contributed by atoms with E-state index in [1.807, 2.05) is 22.2 Å². The van der Waals surface area contributed by atoms with Gasteiger partial charge in [-0.05, 0) is 40.4 Å². The molecule has 0 radical (unpaired) electrons. The second-order valence-electron chi connectivity index (χ2n) is 5.29. The van der Waals surface area contributed by atoms with E-state index in [0.717, 1.165) is 0 Å². The Morgan fingerprint density at radius 3 is 2.60 bits per heavy atom. The van der Waals surface area contributed by atoms with Crippen LogP contribution in [0.4, 0.5) is 0 Å². The van der Waals surface area contributed by atoms with E-state index in [-0.39, 0.29) is 13.1 Å². The molecule has 0 fully saturated rings. The summed E-state index contributed by atoms with van der Waals surface area (Å²) in [4.78, 5) is 24.6. The molecule has 3 aromatic heterocycles. The second-order valence-corrected chi connectivity index (χ2v) is 7.02. The fraction of sp³-hybridized carbons (Fsp3) is 0.176. The summed E-state index contributed by atoms with van der Waals surface area (Å²) in [5, 5.41) is 21.6. The van der Waals surface area contributed by atoms with Crippen LogP contribution in [0.25, 0.3) is 0 Å². The molecule has 0 aliphatic carbocycles. The van der Waals surface area contributed by atoms with Gasteiger partial charge in [0, 0.05) is 10.4 Å². The largest absolute Gasteiger partial charge is 0.467 e. The van der Waals surface area contributed by atoms with Crippen molar-refractivity contribution >= 4 is 34.5 Å². The normalized spacial score (nSPS) is 13.2. The van der Waals surface area contributed by atoms with E-state index in [4.69, 9.17) is 4.42 Å². The highest BCUT2D eigenvalue weighted by Gasteiger charge is 2.34. The van der Waals surface area contributed by atoms with Crippen molar-refractivity contribution in [3.8, 4) is 0 Å². The fourth-order valence-electron chi connectivity index (χ4n) is 2.29. The molecular formula is C17H16N2O4S2. The van der Waals surface area contributed by atoms with Crippen LogP contribution in [0.1, 0.15) is 16.2 Å². The van der Waals surface area contributed by atoms with Crippen LogP contribution in [0.2, 0.25) is 0 Å². The molecule has 25 heavy (non-hydrogen) atoms. The van der Waals surface area contributed by atoms with Crippen molar-refractivity contribution in [2.75, 3.05) is 6.54 Å². The van der Waals surface area contributed by atoms with Gasteiger partial charge < -0.3 is 20.2 Å². The minimum absolute atomic E-state index is 0.0999. The Kier molecular flexibility index (Phi) is 5.32. The maximum Gasteiger partial charge on any atom is 0.309 e. The predicted octanol–water partition coefficient (Wildman–Crippen LogP) is 2.07. The SMILES string of the molecule is O=C(NCc1ccco1)C(=O)NC[C@@](O)(c1ccsc1)c1cccs1. The van der Waals surface area contributed by atoms with Crippen molar-refractivity contribution in [1.29, 1.82) is 0 Å². The van der Waals surface area contributed by atoms with Gasteiger partial charge in [0.2, 0.25) is 0 Å². The first-order valence-electron chi connectivity index (χ1n) is 7.47. The number of carbonyl (C=O) groups excluding carboxylic acids is 2. The molecule has 0 bridgehead atoms. The van der Waals surface area contributed by atoms with Crippen LogP contribution >= 0.6 is 22.7 Å². The highest BCUT2D eigenvalue weighted by molar-refractivity contribution is 7.10. The number of rotatable bonds is 6. The topological polar surface area (TPSA) is 91.6 Å². The molecule has 1 atom stereocenters. The van der Waals surface area contributed by atoms with Gasteiger partial charge in [-0.25, -0.2) is 0 Å². The summed E-state index contributed by atoms with van der Waals surface area (Å²) in [5.74, 6) is -1.04. The van der Waals surface area contributed by atoms with Gasteiger partial charge in [-0.2, -0.15) is 11.3 Å². The van der Waals surface area contributed by atoms with Gasteiger partial charge in [0.1, 0.15) is 11.4 Å². The molecule has 0 aliphatic rings. The molecule has 0 aliphatic heterocycles. The van der Waals surface area contributed by atoms with Crippen molar-refractivity contribution < 1.29 is 19.1 Å². The zero-order chi connectivity index (χ0) is 17.7. The number of amides is 2. The molecule has 130 valence electrons. The minimum Gasteiger partial charge on any atom is -0.467 e. The highest BCUT2D eigenvalue weighted by atomic mass is 32.1. The number of carbonyl (C=O) groups is 2. The van der Waals surface area contributed by atoms with Crippen LogP contribution in [0.15, 0.2) is 57.2 Å². The van der Waals surface area contributed by atoms with Crippen molar-refractivity contribution in [2.45, 2.75) is 12.1 Å². The van der Waals surface area contributed by atoms with E-state index in [1.54, 1.807) is 24.3 Å². The van der Waals surface area contributed by atoms with E-state index in [2.05, 4.69) is 10.6 Å². The van der Waals surface area contributed by atoms with Crippen molar-refractivity contribution in [3.05, 3.63) is 68.9 Å². The van der Waals surface area contributed by atoms with Crippen LogP contribution in [0.3, 0.4) is 0 Å². The third-order valence-electron chi connectivity index (χ3n) is 3.64. The van der Waals surface area contributed by atoms with Crippen LogP contribution in [0, 0.1) is 0 Å². The zero-order valence-electron chi connectivity index (χ0n) is 13.1. The van der Waals surface area contributed by atoms with Crippen LogP contribution in [-0.4, -0.2) is 23.5 Å². The van der Waals surface area contributed by atoms with Gasteiger partial charge in [-0.3, -0.25) is 9.59 Å². The summed E-state index contributed by atoms with van der Waals surface area (Å²) in [7, 11) is 0. The van der Waals surface area contributed by atoms with Crippen LogP contribution < -0.4 is 10.6 Å². The monoisotopic (exact) mass is 376 g/mol. The molecule has 3 aromatic rings. The van der Waals surface area contributed by atoms with E-state index >= 15 is 0 Å². The lowest BCUT2D eigenvalue weighted by Crippen LogP contribution is -2.46. The van der Waals surface area contributed by atoms with Crippen molar-refractivity contribution in [3.63, 3.8) is 0 Å². The lowest BCUT2D eigenvalue weighted by Gasteiger charge is -2.26. The average Bonchev–Trinajstić information content (AvgIpc) is 3.38. The smallest absolute Gasteiger partial charge is 0.309 e. The molecular weight excluding hydrogens is 360 g/mol. The number of hydrogen-bond donors (Lipinski definition) is 3. The molecule has 0 unspecified atom stereocenters. The van der Waals surface area contributed by atoms with Gasteiger partial charge in [0.05, 0.1) is 19.4 Å². The lowest BCUT2D eigenvalue weighted by atomic mass is 9.94. The number of nitrogens with one attached hydrogen (secondary N) is 2. The Morgan fingerprint density at radius 1 is 1.12 bits per heavy atom. The van der Waals surface area contributed by atoms with Crippen molar-refractivity contribution in [2.24, 2.45) is 0 Å². The van der Waals surface area contributed by atoms with E-state index < -0.39 is 17.4 Å². The quantitative estimate of drug-likeness (QED) is 0.575. The van der Waals surface area contributed by atoms with Crippen molar-refractivity contribution in [1.82, 2.24) is 10.6 Å². The summed E-state index contributed by atoms with van der Waals surface area (Å²) < 4.78 is 5.09. The first-order valence-corrected chi connectivity index (χ1v) is 9.29. The lowest BCUT2D eigenvalue weighted by molar-refractivity contribution is -0.139. The maximum atomic E-state index is 12.0. The number of furan rings is 1. The number of aliphatic hydroxyl groups is 1. The fourth-order valence-corrected chi connectivity index (χ4v) is 3.86. The molecule has 6 nitrogen and oxygen atoms in total. The summed E-state index contributed by atoms with van der Waals surface area (Å²) in [5.41, 5.74) is -0.693. The molecule has 2 amide bonds. The number of thiophene rings is 2. The molecule has 3 N–H and O–H groups in total. The molecule has 3 heterocycles. The van der Waals surface area contributed by atoms with E-state index in [0.29, 0.717) is 16.2 Å². The van der Waals surface area contributed by atoms with E-state index in [9.17, 15) is 14.7 Å². The summed E-state index contributed by atoms with van der Waals surface area (Å²) >= 11 is 2.84. The molecule has 0 spiro atoms. The van der Waals surface area contributed by atoms with Gasteiger partial charge in [0.25, 0.3) is 0 Å². The Balaban J connectivity index is 1.63. The molecule has 3 rings (SSSR count). The number of hydrogen-bond acceptors (Lipinski definition) is 6. The maximum absolute atomic E-state index is 12.0. The third kappa shape index (κ3) is 3.98. The standard InChI is InChI=1S/C17H16N2O4S2/c20-15(18-9-13-3-1-6-23-13)16(21)19-11-17(22,12-5-8-24-10-12)14-4-2-7-25-14/h1-8,10,22H,9,11H2,(H,18,20)(H,19,21)/t17-/m1/s1. The first kappa shape index (κ1) is 17.4. The molecule has 0 aromatic carbocycles. The Hall–Kier alpha value is -2.42. The van der Waals surface area contributed by atoms with Gasteiger partial charge in [-0.15, -0.1) is 11.3 Å². The first-order chi connectivity index (χ1) is 12.1. The van der Waals surface area contributed by atoms with E-state index in [1.165, 1.54) is 28.9 Å². The minimum atomic E-state index is -1.37. The Labute approximate surface area is 152 Å². The van der Waals surface area contributed by atoms with Gasteiger partial charge >= 0.3 is 11.8 Å². The second kappa shape index (κ2) is 7.64. The zero-order valence-corrected chi connectivity index (χ0v) is 14.7. The predicted molar refractivity (Wildman–Crippen MR) is 95.2 cm³/mol. The average molecular weight is 376 g/mol.